The number of phosphoric ester groups is 1. The molecule has 3 unspecified atom stereocenters. The molecule has 0 radical (unpaired) electrons. The summed E-state index contributed by atoms with van der Waals surface area (Å²) in [7, 11) is -4.33. The number of allylic oxidation sites excluding steroid dienone is 8. The predicted octanol–water partition coefficient (Wildman–Crippen LogP) is 10.9. The fourth-order valence-corrected chi connectivity index (χ4v) is 6.44. The zero-order valence-electron chi connectivity index (χ0n) is 32.1. The highest BCUT2D eigenvalue weighted by atomic mass is 31.2. The van der Waals surface area contributed by atoms with E-state index in [0.29, 0.717) is 12.8 Å². The van der Waals surface area contributed by atoms with Gasteiger partial charge in [0.05, 0.1) is 25.4 Å². The van der Waals surface area contributed by atoms with Gasteiger partial charge >= 0.3 is 7.82 Å². The summed E-state index contributed by atoms with van der Waals surface area (Å²) in [4.78, 5) is 22.6. The molecular formula is C41H77N2O6P. The molecule has 292 valence electrons. The molecule has 0 aliphatic carbocycles. The second-order valence-electron chi connectivity index (χ2n) is 13.5. The molecule has 0 heterocycles. The molecule has 0 saturated heterocycles. The van der Waals surface area contributed by atoms with Crippen LogP contribution in [0.15, 0.2) is 48.6 Å². The van der Waals surface area contributed by atoms with Crippen molar-refractivity contribution in [2.75, 3.05) is 19.8 Å². The van der Waals surface area contributed by atoms with Crippen molar-refractivity contribution in [3.8, 4) is 0 Å². The van der Waals surface area contributed by atoms with E-state index in [1.807, 2.05) is 12.2 Å². The smallest absolute Gasteiger partial charge is 0.391 e. The molecule has 0 aliphatic heterocycles. The maximum absolute atomic E-state index is 12.7. The maximum atomic E-state index is 12.7. The number of carbonyl (C=O) groups excluding carboxylic acids is 1. The number of hydrogen-bond acceptors (Lipinski definition) is 6. The Bertz CT molecular complexity index is 923. The third-order valence-electron chi connectivity index (χ3n) is 8.71. The molecule has 9 heteroatoms. The minimum absolute atomic E-state index is 0.0767. The quantitative estimate of drug-likeness (QED) is 0.0285. The molecule has 0 bridgehead atoms. The molecule has 0 aromatic carbocycles. The summed E-state index contributed by atoms with van der Waals surface area (Å²) in [6.45, 7) is 4.03. The molecule has 0 rings (SSSR count). The number of amides is 1. The second kappa shape index (κ2) is 37.2. The molecule has 0 aliphatic rings. The van der Waals surface area contributed by atoms with E-state index in [9.17, 15) is 19.4 Å². The predicted molar refractivity (Wildman–Crippen MR) is 212 cm³/mol. The van der Waals surface area contributed by atoms with Gasteiger partial charge in [-0.1, -0.05) is 178 Å². The Hall–Kier alpha value is -1.54. The Kier molecular flexibility index (Phi) is 36.1. The number of hydrogen-bond donors (Lipinski definition) is 4. The standard InChI is InChI=1S/C41H77N2O6P/c1-3-5-7-9-11-13-15-17-18-19-20-21-23-24-26-28-30-32-34-40(44)39(38-49-50(46,47)48-37-36-42)43-41(45)35-33-31-29-27-25-22-16-14-12-10-8-6-4-2/h6,8,12,14,22,25,29,31,39-40,44H,3-5,7,9-11,13,15-21,23-24,26-28,30,32-38,42H2,1-2H3,(H,43,45)(H,46,47)/b8-6-,14-12-,25-22-,31-29-. The van der Waals surface area contributed by atoms with Gasteiger partial charge in [0.1, 0.15) is 0 Å². The average Bonchev–Trinajstić information content (AvgIpc) is 3.10. The van der Waals surface area contributed by atoms with E-state index < -0.39 is 20.0 Å². The summed E-state index contributed by atoms with van der Waals surface area (Å²) in [5.41, 5.74) is 5.36. The van der Waals surface area contributed by atoms with Crippen molar-refractivity contribution in [2.24, 2.45) is 5.73 Å². The number of nitrogens with two attached hydrogens (primary N) is 1. The van der Waals surface area contributed by atoms with Crippen LogP contribution in [0.5, 0.6) is 0 Å². The Morgan fingerprint density at radius 1 is 0.680 bits per heavy atom. The SMILES string of the molecule is CC/C=C\C/C=C\C/C=C\C/C=C\CCC(=O)NC(COP(=O)(O)OCCN)C(O)CCCCCCCCCCCCCCCCCCCC. The molecule has 0 fully saturated rings. The summed E-state index contributed by atoms with van der Waals surface area (Å²) in [6, 6.07) is -0.812. The zero-order valence-corrected chi connectivity index (χ0v) is 33.0. The van der Waals surface area contributed by atoms with E-state index in [2.05, 4.69) is 55.6 Å². The summed E-state index contributed by atoms with van der Waals surface area (Å²) in [5.74, 6) is -0.242. The van der Waals surface area contributed by atoms with E-state index in [-0.39, 0.29) is 32.1 Å². The summed E-state index contributed by atoms with van der Waals surface area (Å²) in [5, 5.41) is 13.7. The van der Waals surface area contributed by atoms with Crippen LogP contribution in [0.2, 0.25) is 0 Å². The molecular weight excluding hydrogens is 647 g/mol. The Morgan fingerprint density at radius 3 is 1.58 bits per heavy atom. The van der Waals surface area contributed by atoms with Crippen molar-refractivity contribution in [3.63, 3.8) is 0 Å². The summed E-state index contributed by atoms with van der Waals surface area (Å²) >= 11 is 0. The highest BCUT2D eigenvalue weighted by molar-refractivity contribution is 7.47. The molecule has 0 saturated carbocycles. The van der Waals surface area contributed by atoms with Gasteiger partial charge in [-0.05, 0) is 38.5 Å². The van der Waals surface area contributed by atoms with Gasteiger partial charge in [0.15, 0.2) is 0 Å². The monoisotopic (exact) mass is 725 g/mol. The number of unbranched alkanes of at least 4 members (excludes halogenated alkanes) is 17. The zero-order chi connectivity index (χ0) is 36.8. The molecule has 5 N–H and O–H groups in total. The molecule has 0 aromatic rings. The number of nitrogens with one attached hydrogen (secondary N) is 1. The third-order valence-corrected chi connectivity index (χ3v) is 9.69. The van der Waals surface area contributed by atoms with E-state index in [4.69, 9.17) is 14.8 Å². The molecule has 50 heavy (non-hydrogen) atoms. The van der Waals surface area contributed by atoms with Crippen LogP contribution in [0.25, 0.3) is 0 Å². The van der Waals surface area contributed by atoms with Crippen LogP contribution >= 0.6 is 7.82 Å². The number of phosphoric acid groups is 1. The second-order valence-corrected chi connectivity index (χ2v) is 14.9. The number of carbonyl (C=O) groups is 1. The van der Waals surface area contributed by atoms with Gasteiger partial charge < -0.3 is 21.1 Å². The van der Waals surface area contributed by atoms with Gasteiger partial charge in [-0.2, -0.15) is 0 Å². The Labute approximate surface area is 307 Å². The number of aliphatic hydroxyl groups is 1. The van der Waals surface area contributed by atoms with Crippen LogP contribution in [-0.2, 0) is 18.4 Å². The lowest BCUT2D eigenvalue weighted by atomic mass is 10.0. The number of aliphatic hydroxyl groups excluding tert-OH is 1. The van der Waals surface area contributed by atoms with Gasteiger partial charge in [0, 0.05) is 13.0 Å². The van der Waals surface area contributed by atoms with Gasteiger partial charge in [0.2, 0.25) is 5.91 Å². The fraction of sp³-hybridized carbons (Fsp3) is 0.780. The van der Waals surface area contributed by atoms with Crippen LogP contribution in [0, 0.1) is 0 Å². The molecule has 3 atom stereocenters. The van der Waals surface area contributed by atoms with E-state index in [0.717, 1.165) is 44.9 Å². The minimum atomic E-state index is -4.33. The van der Waals surface area contributed by atoms with E-state index in [1.165, 1.54) is 96.3 Å². The first kappa shape index (κ1) is 48.5. The lowest BCUT2D eigenvalue weighted by Gasteiger charge is -2.25. The Balaban J connectivity index is 4.27. The van der Waals surface area contributed by atoms with Gasteiger partial charge in [0.25, 0.3) is 0 Å². The third kappa shape index (κ3) is 34.9. The Morgan fingerprint density at radius 2 is 1.12 bits per heavy atom. The minimum Gasteiger partial charge on any atom is -0.391 e. The molecule has 0 aromatic heterocycles. The summed E-state index contributed by atoms with van der Waals surface area (Å²) in [6.07, 6.45) is 44.2. The van der Waals surface area contributed by atoms with E-state index in [1.54, 1.807) is 0 Å². The summed E-state index contributed by atoms with van der Waals surface area (Å²) < 4.78 is 22.1. The van der Waals surface area contributed by atoms with Crippen LogP contribution < -0.4 is 11.1 Å². The molecule has 8 nitrogen and oxygen atoms in total. The van der Waals surface area contributed by atoms with Crippen LogP contribution in [0.4, 0.5) is 0 Å². The largest absolute Gasteiger partial charge is 0.472 e. The van der Waals surface area contributed by atoms with Crippen molar-refractivity contribution in [2.45, 2.75) is 187 Å². The number of rotatable bonds is 37. The maximum Gasteiger partial charge on any atom is 0.472 e. The normalized spacial score (nSPS) is 14.7. The van der Waals surface area contributed by atoms with Gasteiger partial charge in [-0.3, -0.25) is 13.8 Å². The average molecular weight is 725 g/mol. The van der Waals surface area contributed by atoms with Crippen LogP contribution in [0.1, 0.15) is 174 Å². The van der Waals surface area contributed by atoms with Gasteiger partial charge in [-0.15, -0.1) is 0 Å². The first-order valence-electron chi connectivity index (χ1n) is 20.3. The first-order valence-corrected chi connectivity index (χ1v) is 21.7. The molecule has 0 spiro atoms. The van der Waals surface area contributed by atoms with Crippen LogP contribution in [0.3, 0.4) is 0 Å². The van der Waals surface area contributed by atoms with Crippen molar-refractivity contribution < 1.29 is 28.4 Å². The first-order chi connectivity index (χ1) is 24.4. The van der Waals surface area contributed by atoms with E-state index >= 15 is 0 Å². The van der Waals surface area contributed by atoms with Crippen molar-refractivity contribution in [3.05, 3.63) is 48.6 Å². The lowest BCUT2D eigenvalue weighted by Crippen LogP contribution is -2.46. The molecule has 1 amide bonds. The topological polar surface area (TPSA) is 131 Å². The van der Waals surface area contributed by atoms with Crippen molar-refractivity contribution >= 4 is 13.7 Å². The van der Waals surface area contributed by atoms with Crippen LogP contribution in [-0.4, -0.2) is 47.8 Å². The van der Waals surface area contributed by atoms with Crippen molar-refractivity contribution in [1.82, 2.24) is 5.32 Å². The highest BCUT2D eigenvalue weighted by Crippen LogP contribution is 2.43. The lowest BCUT2D eigenvalue weighted by molar-refractivity contribution is -0.123. The van der Waals surface area contributed by atoms with Gasteiger partial charge in [-0.25, -0.2) is 4.57 Å². The van der Waals surface area contributed by atoms with Crippen molar-refractivity contribution in [1.29, 1.82) is 0 Å². The highest BCUT2D eigenvalue weighted by Gasteiger charge is 2.27. The fourth-order valence-electron chi connectivity index (χ4n) is 5.68.